The van der Waals surface area contributed by atoms with E-state index in [4.69, 9.17) is 0 Å². The molecule has 2 heterocycles. The van der Waals surface area contributed by atoms with Crippen molar-refractivity contribution >= 4 is 11.3 Å². The lowest BCUT2D eigenvalue weighted by atomic mass is 9.85. The van der Waals surface area contributed by atoms with Crippen molar-refractivity contribution in [3.05, 3.63) is 21.9 Å². The molecule has 1 aromatic heterocycles. The largest absolute Gasteiger partial charge is 0.386 e. The highest BCUT2D eigenvalue weighted by Gasteiger charge is 2.46. The predicted octanol–water partition coefficient (Wildman–Crippen LogP) is 3.50. The number of hydrogen-bond donors (Lipinski definition) is 1. The third kappa shape index (κ3) is 2.02. The highest BCUT2D eigenvalue weighted by atomic mass is 32.1. The molecule has 3 rings (SSSR count). The van der Waals surface area contributed by atoms with Gasteiger partial charge in [0.2, 0.25) is 0 Å². The second kappa shape index (κ2) is 4.95. The van der Waals surface area contributed by atoms with E-state index in [0.29, 0.717) is 0 Å². The first-order valence-electron chi connectivity index (χ1n) is 7.20. The zero-order valence-electron chi connectivity index (χ0n) is 11.2. The maximum absolute atomic E-state index is 10.9. The molecule has 18 heavy (non-hydrogen) atoms. The number of aliphatic hydroxyl groups excluding tert-OH is 1. The Hall–Kier alpha value is -0.380. The van der Waals surface area contributed by atoms with Crippen LogP contribution >= 0.6 is 11.3 Å². The van der Waals surface area contributed by atoms with Crippen LogP contribution in [0.3, 0.4) is 0 Å². The van der Waals surface area contributed by atoms with E-state index < -0.39 is 0 Å². The topological polar surface area (TPSA) is 23.5 Å². The summed E-state index contributed by atoms with van der Waals surface area (Å²) in [4.78, 5) is 3.89. The van der Waals surface area contributed by atoms with Gasteiger partial charge in [-0.15, -0.1) is 11.3 Å². The fraction of sp³-hybridized carbons (Fsp3) is 0.733. The van der Waals surface area contributed by atoms with Crippen LogP contribution in [0, 0.1) is 6.92 Å². The van der Waals surface area contributed by atoms with Gasteiger partial charge in [-0.1, -0.05) is 12.8 Å². The van der Waals surface area contributed by atoms with Crippen LogP contribution in [0.25, 0.3) is 0 Å². The molecule has 2 fully saturated rings. The summed E-state index contributed by atoms with van der Waals surface area (Å²) in [6, 6.07) is 2.17. The van der Waals surface area contributed by atoms with Gasteiger partial charge in [-0.2, -0.15) is 0 Å². The lowest BCUT2D eigenvalue weighted by molar-refractivity contribution is -0.0193. The molecule has 1 saturated carbocycles. The Kier molecular flexibility index (Phi) is 3.48. The molecule has 1 saturated heterocycles. The van der Waals surface area contributed by atoms with Crippen LogP contribution in [0.5, 0.6) is 0 Å². The van der Waals surface area contributed by atoms with Crippen LogP contribution < -0.4 is 0 Å². The van der Waals surface area contributed by atoms with Crippen LogP contribution in [0.1, 0.15) is 55.1 Å². The maximum Gasteiger partial charge on any atom is 0.0981 e. The molecule has 2 nitrogen and oxygen atoms in total. The molecule has 1 aliphatic carbocycles. The molecule has 0 aromatic carbocycles. The third-order valence-corrected chi connectivity index (χ3v) is 5.66. The second-order valence-corrected chi connectivity index (χ2v) is 7.01. The number of hydrogen-bond acceptors (Lipinski definition) is 3. The number of aliphatic hydroxyl groups is 1. The Bertz CT molecular complexity index is 402. The Labute approximate surface area is 114 Å². The smallest absolute Gasteiger partial charge is 0.0981 e. The highest BCUT2D eigenvalue weighted by Crippen LogP contribution is 2.46. The summed E-state index contributed by atoms with van der Waals surface area (Å²) >= 11 is 1.75. The van der Waals surface area contributed by atoms with Crippen molar-refractivity contribution in [1.82, 2.24) is 4.90 Å². The number of likely N-dealkylation sites (tertiary alicyclic amines) is 1. The van der Waals surface area contributed by atoms with Crippen molar-refractivity contribution in [3.63, 3.8) is 0 Å². The third-order valence-electron chi connectivity index (χ3n) is 4.78. The first kappa shape index (κ1) is 12.6. The van der Waals surface area contributed by atoms with Gasteiger partial charge in [0.1, 0.15) is 0 Å². The van der Waals surface area contributed by atoms with E-state index in [1.165, 1.54) is 56.5 Å². The summed E-state index contributed by atoms with van der Waals surface area (Å²) in [6.45, 7) is 4.48. The van der Waals surface area contributed by atoms with E-state index in [0.717, 1.165) is 5.56 Å². The molecule has 1 N–H and O–H groups in total. The number of rotatable bonds is 3. The van der Waals surface area contributed by atoms with Gasteiger partial charge in [0.15, 0.2) is 0 Å². The molecule has 1 atom stereocenters. The quantitative estimate of drug-likeness (QED) is 0.904. The highest BCUT2D eigenvalue weighted by molar-refractivity contribution is 7.10. The molecule has 0 spiro atoms. The number of thiophene rings is 1. The zero-order valence-corrected chi connectivity index (χ0v) is 12.0. The van der Waals surface area contributed by atoms with Crippen LogP contribution in [0.4, 0.5) is 0 Å². The molecule has 100 valence electrons. The summed E-state index contributed by atoms with van der Waals surface area (Å²) in [7, 11) is 0. The zero-order chi connectivity index (χ0) is 12.6. The molecule has 0 amide bonds. The lowest BCUT2D eigenvalue weighted by Gasteiger charge is -2.42. The minimum atomic E-state index is -0.289. The molecule has 0 bridgehead atoms. The van der Waals surface area contributed by atoms with Crippen LogP contribution in [0.2, 0.25) is 0 Å². The first-order chi connectivity index (χ1) is 8.72. The predicted molar refractivity (Wildman–Crippen MR) is 76.0 cm³/mol. The van der Waals surface area contributed by atoms with Crippen molar-refractivity contribution in [3.8, 4) is 0 Å². The van der Waals surface area contributed by atoms with Crippen molar-refractivity contribution in [2.24, 2.45) is 0 Å². The van der Waals surface area contributed by atoms with E-state index in [1.54, 1.807) is 11.3 Å². The van der Waals surface area contributed by atoms with Gasteiger partial charge in [0.05, 0.1) is 11.6 Å². The number of nitrogens with zero attached hydrogens (tertiary/aromatic N) is 1. The number of aryl methyl sites for hydroxylation is 1. The van der Waals surface area contributed by atoms with E-state index in [1.807, 2.05) is 0 Å². The molecule has 2 aliphatic rings. The fourth-order valence-electron chi connectivity index (χ4n) is 3.83. The van der Waals surface area contributed by atoms with Crippen LogP contribution in [-0.4, -0.2) is 28.6 Å². The van der Waals surface area contributed by atoms with Gasteiger partial charge < -0.3 is 5.11 Å². The molecule has 1 unspecified atom stereocenters. The van der Waals surface area contributed by atoms with Crippen LogP contribution in [-0.2, 0) is 0 Å². The summed E-state index contributed by atoms with van der Waals surface area (Å²) in [5.74, 6) is 0. The van der Waals surface area contributed by atoms with Crippen molar-refractivity contribution < 1.29 is 5.11 Å². The van der Waals surface area contributed by atoms with Crippen molar-refractivity contribution in [2.45, 2.75) is 57.1 Å². The fourth-order valence-corrected chi connectivity index (χ4v) is 4.55. The molecule has 3 heteroatoms. The van der Waals surface area contributed by atoms with Gasteiger partial charge in [-0.25, -0.2) is 0 Å². The summed E-state index contributed by atoms with van der Waals surface area (Å²) in [5, 5.41) is 13.1. The monoisotopic (exact) mass is 265 g/mol. The minimum absolute atomic E-state index is 0.0456. The molecule has 0 radical (unpaired) electrons. The van der Waals surface area contributed by atoms with E-state index in [2.05, 4.69) is 23.3 Å². The lowest BCUT2D eigenvalue weighted by Crippen LogP contribution is -2.49. The first-order valence-corrected chi connectivity index (χ1v) is 8.08. The molecular weight excluding hydrogens is 242 g/mol. The standard InChI is InChI=1S/C15H23NOS/c1-12-10-13(11-18-12)14(17)15(6-2-3-7-15)16-8-4-5-9-16/h10-11,14,17H,2-9H2,1H3. The average molecular weight is 265 g/mol. The molecular formula is C15H23NOS. The van der Waals surface area contributed by atoms with E-state index in [9.17, 15) is 5.11 Å². The van der Waals surface area contributed by atoms with Gasteiger partial charge >= 0.3 is 0 Å². The van der Waals surface area contributed by atoms with Crippen molar-refractivity contribution in [1.29, 1.82) is 0 Å². The average Bonchev–Trinajstić information content (AvgIpc) is 3.09. The SMILES string of the molecule is Cc1cc(C(O)C2(N3CCCC3)CCCC2)cs1. The Balaban J connectivity index is 1.88. The minimum Gasteiger partial charge on any atom is -0.386 e. The Morgan fingerprint density at radius 1 is 1.22 bits per heavy atom. The Morgan fingerprint density at radius 3 is 2.44 bits per heavy atom. The van der Waals surface area contributed by atoms with Crippen molar-refractivity contribution in [2.75, 3.05) is 13.1 Å². The van der Waals surface area contributed by atoms with E-state index in [-0.39, 0.29) is 11.6 Å². The molecule has 1 aromatic rings. The maximum atomic E-state index is 10.9. The second-order valence-electron chi connectivity index (χ2n) is 5.90. The molecule has 1 aliphatic heterocycles. The van der Waals surface area contributed by atoms with Gasteiger partial charge in [-0.3, -0.25) is 4.90 Å². The Morgan fingerprint density at radius 2 is 1.89 bits per heavy atom. The summed E-state index contributed by atoms with van der Waals surface area (Å²) < 4.78 is 0. The summed E-state index contributed by atoms with van der Waals surface area (Å²) in [5.41, 5.74) is 1.19. The summed E-state index contributed by atoms with van der Waals surface area (Å²) in [6.07, 6.45) is 7.20. The van der Waals surface area contributed by atoms with Gasteiger partial charge in [-0.05, 0) is 62.7 Å². The van der Waals surface area contributed by atoms with E-state index >= 15 is 0 Å². The van der Waals surface area contributed by atoms with Gasteiger partial charge in [0, 0.05) is 4.88 Å². The van der Waals surface area contributed by atoms with Crippen LogP contribution in [0.15, 0.2) is 11.4 Å². The normalized spacial score (nSPS) is 25.7. The van der Waals surface area contributed by atoms with Gasteiger partial charge in [0.25, 0.3) is 0 Å².